The maximum Gasteiger partial charge on any atom is 0.243 e. The van der Waals surface area contributed by atoms with E-state index in [9.17, 15) is 8.42 Å². The zero-order chi connectivity index (χ0) is 15.5. The van der Waals surface area contributed by atoms with Crippen molar-refractivity contribution in [2.45, 2.75) is 57.0 Å². The molecular weight excluding hydrogens is 284 g/mol. The highest BCUT2D eigenvalue weighted by atomic mass is 32.2. The summed E-state index contributed by atoms with van der Waals surface area (Å²) in [5.74, 6) is 0.323. The van der Waals surface area contributed by atoms with E-state index >= 15 is 0 Å². The third kappa shape index (κ3) is 3.84. The predicted octanol–water partition coefficient (Wildman–Crippen LogP) is 2.73. The summed E-state index contributed by atoms with van der Waals surface area (Å²) in [4.78, 5) is 0.382. The fraction of sp³-hybridized carbons (Fsp3) is 0.625. The molecule has 0 bridgehead atoms. The van der Waals surface area contributed by atoms with Gasteiger partial charge in [0, 0.05) is 19.1 Å². The van der Waals surface area contributed by atoms with Crippen molar-refractivity contribution in [2.24, 2.45) is 11.7 Å². The van der Waals surface area contributed by atoms with Crippen LogP contribution in [0.4, 0.5) is 0 Å². The molecule has 1 fully saturated rings. The van der Waals surface area contributed by atoms with E-state index in [0.717, 1.165) is 31.2 Å². The van der Waals surface area contributed by atoms with Crippen LogP contribution in [0.25, 0.3) is 0 Å². The minimum Gasteiger partial charge on any atom is -0.326 e. The first-order chi connectivity index (χ1) is 9.95. The highest BCUT2D eigenvalue weighted by Crippen LogP contribution is 2.29. The zero-order valence-electron chi connectivity index (χ0n) is 13.0. The largest absolute Gasteiger partial charge is 0.326 e. The van der Waals surface area contributed by atoms with Crippen LogP contribution in [-0.2, 0) is 16.6 Å². The zero-order valence-corrected chi connectivity index (χ0v) is 13.8. The number of nitrogens with zero attached hydrogens (tertiary/aromatic N) is 1. The van der Waals surface area contributed by atoms with E-state index in [2.05, 4.69) is 13.8 Å². The maximum atomic E-state index is 12.9. The molecule has 0 unspecified atom stereocenters. The Kier molecular flexibility index (Phi) is 5.41. The molecule has 1 aliphatic rings. The molecule has 118 valence electrons. The Morgan fingerprint density at radius 1 is 1.19 bits per heavy atom. The Labute approximate surface area is 128 Å². The fourth-order valence-corrected chi connectivity index (χ4v) is 4.78. The van der Waals surface area contributed by atoms with Crippen LogP contribution in [0, 0.1) is 5.92 Å². The molecule has 0 saturated heterocycles. The van der Waals surface area contributed by atoms with Gasteiger partial charge in [-0.15, -0.1) is 0 Å². The first-order valence-corrected chi connectivity index (χ1v) is 9.20. The second-order valence-electron chi connectivity index (χ2n) is 6.25. The van der Waals surface area contributed by atoms with Crippen LogP contribution in [0.15, 0.2) is 29.2 Å². The molecule has 0 radical (unpaired) electrons. The van der Waals surface area contributed by atoms with E-state index in [-0.39, 0.29) is 6.04 Å². The molecule has 0 amide bonds. The van der Waals surface area contributed by atoms with Gasteiger partial charge in [0.15, 0.2) is 0 Å². The molecule has 21 heavy (non-hydrogen) atoms. The third-order valence-electron chi connectivity index (χ3n) is 4.04. The second kappa shape index (κ2) is 6.90. The first-order valence-electron chi connectivity index (χ1n) is 7.76. The van der Waals surface area contributed by atoms with Crippen LogP contribution in [-0.4, -0.2) is 25.3 Å². The summed E-state index contributed by atoms with van der Waals surface area (Å²) in [6.07, 6.45) is 4.21. The molecule has 4 nitrogen and oxygen atoms in total. The Bertz CT molecular complexity index is 546. The van der Waals surface area contributed by atoms with Crippen LogP contribution in [0.5, 0.6) is 0 Å². The molecule has 1 aliphatic carbocycles. The molecule has 2 N–H and O–H groups in total. The average Bonchev–Trinajstić information content (AvgIpc) is 2.98. The molecule has 1 aromatic carbocycles. The number of hydrogen-bond acceptors (Lipinski definition) is 3. The highest BCUT2D eigenvalue weighted by molar-refractivity contribution is 7.89. The van der Waals surface area contributed by atoms with Gasteiger partial charge in [0.05, 0.1) is 4.90 Å². The second-order valence-corrected chi connectivity index (χ2v) is 8.15. The molecule has 0 atom stereocenters. The van der Waals surface area contributed by atoms with Gasteiger partial charge in [-0.25, -0.2) is 8.42 Å². The lowest BCUT2D eigenvalue weighted by Gasteiger charge is -2.29. The van der Waals surface area contributed by atoms with Gasteiger partial charge in [0.25, 0.3) is 0 Å². The van der Waals surface area contributed by atoms with E-state index in [1.54, 1.807) is 28.6 Å². The lowest BCUT2D eigenvalue weighted by Crippen LogP contribution is -2.41. The summed E-state index contributed by atoms with van der Waals surface area (Å²) >= 11 is 0. The average molecular weight is 310 g/mol. The molecular formula is C16H26N2O2S. The monoisotopic (exact) mass is 310 g/mol. The maximum absolute atomic E-state index is 12.9. The Morgan fingerprint density at radius 2 is 1.76 bits per heavy atom. The van der Waals surface area contributed by atoms with Crippen LogP contribution >= 0.6 is 0 Å². The van der Waals surface area contributed by atoms with Gasteiger partial charge in [-0.2, -0.15) is 4.31 Å². The van der Waals surface area contributed by atoms with Crippen molar-refractivity contribution in [3.8, 4) is 0 Å². The third-order valence-corrected chi connectivity index (χ3v) is 5.98. The minimum atomic E-state index is -3.41. The molecule has 2 rings (SSSR count). The number of nitrogens with two attached hydrogens (primary N) is 1. The number of hydrogen-bond donors (Lipinski definition) is 1. The van der Waals surface area contributed by atoms with Gasteiger partial charge in [-0.1, -0.05) is 38.8 Å². The summed E-state index contributed by atoms with van der Waals surface area (Å²) in [6.45, 7) is 5.15. The van der Waals surface area contributed by atoms with Crippen molar-refractivity contribution in [1.82, 2.24) is 4.31 Å². The van der Waals surface area contributed by atoms with Crippen LogP contribution in [0.1, 0.15) is 45.1 Å². The molecule has 0 heterocycles. The Hall–Kier alpha value is -0.910. The van der Waals surface area contributed by atoms with Crippen LogP contribution in [0.2, 0.25) is 0 Å². The molecule has 0 aromatic heterocycles. The molecule has 0 spiro atoms. The van der Waals surface area contributed by atoms with Crippen LogP contribution < -0.4 is 5.73 Å². The molecule has 1 aromatic rings. The summed E-state index contributed by atoms with van der Waals surface area (Å²) in [6, 6.07) is 7.12. The summed E-state index contributed by atoms with van der Waals surface area (Å²) in [5, 5.41) is 0. The van der Waals surface area contributed by atoms with E-state index in [1.807, 2.05) is 0 Å². The smallest absolute Gasteiger partial charge is 0.243 e. The van der Waals surface area contributed by atoms with Crippen molar-refractivity contribution in [3.63, 3.8) is 0 Å². The fourth-order valence-electron chi connectivity index (χ4n) is 2.93. The van der Waals surface area contributed by atoms with Crippen molar-refractivity contribution >= 4 is 10.0 Å². The van der Waals surface area contributed by atoms with E-state index in [4.69, 9.17) is 5.73 Å². The lowest BCUT2D eigenvalue weighted by molar-refractivity contribution is 0.292. The predicted molar refractivity (Wildman–Crippen MR) is 85.3 cm³/mol. The molecule has 5 heteroatoms. The minimum absolute atomic E-state index is 0.159. The van der Waals surface area contributed by atoms with Crippen LogP contribution in [0.3, 0.4) is 0 Å². The highest BCUT2D eigenvalue weighted by Gasteiger charge is 2.33. The topological polar surface area (TPSA) is 63.4 Å². The molecule has 0 aliphatic heterocycles. The normalized spacial score (nSPS) is 17.0. The Balaban J connectivity index is 2.30. The van der Waals surface area contributed by atoms with E-state index in [0.29, 0.717) is 23.9 Å². The quantitative estimate of drug-likeness (QED) is 0.878. The number of benzene rings is 1. The van der Waals surface area contributed by atoms with Gasteiger partial charge in [-0.3, -0.25) is 0 Å². The van der Waals surface area contributed by atoms with Gasteiger partial charge in [0.2, 0.25) is 10.0 Å². The molecule has 1 saturated carbocycles. The first kappa shape index (κ1) is 16.5. The SMILES string of the molecule is CC(C)CN(C1CCCC1)S(=O)(=O)c1ccc(CN)cc1. The summed E-state index contributed by atoms with van der Waals surface area (Å²) in [5.41, 5.74) is 6.52. The number of rotatable bonds is 6. The lowest BCUT2D eigenvalue weighted by atomic mass is 10.2. The number of sulfonamides is 1. The van der Waals surface area contributed by atoms with E-state index in [1.165, 1.54) is 0 Å². The van der Waals surface area contributed by atoms with Gasteiger partial charge < -0.3 is 5.73 Å². The van der Waals surface area contributed by atoms with Crippen molar-refractivity contribution < 1.29 is 8.42 Å². The summed E-state index contributed by atoms with van der Waals surface area (Å²) < 4.78 is 27.6. The van der Waals surface area contributed by atoms with E-state index < -0.39 is 10.0 Å². The van der Waals surface area contributed by atoms with Gasteiger partial charge in [-0.05, 0) is 36.5 Å². The van der Waals surface area contributed by atoms with Crippen molar-refractivity contribution in [2.75, 3.05) is 6.54 Å². The van der Waals surface area contributed by atoms with Crippen molar-refractivity contribution in [1.29, 1.82) is 0 Å². The Morgan fingerprint density at radius 3 is 2.24 bits per heavy atom. The van der Waals surface area contributed by atoms with Gasteiger partial charge in [0.1, 0.15) is 0 Å². The van der Waals surface area contributed by atoms with Crippen molar-refractivity contribution in [3.05, 3.63) is 29.8 Å². The van der Waals surface area contributed by atoms with Gasteiger partial charge >= 0.3 is 0 Å². The summed E-state index contributed by atoms with van der Waals surface area (Å²) in [7, 11) is -3.41. The standard InChI is InChI=1S/C16H26N2O2S/c1-13(2)12-18(15-5-3-4-6-15)21(19,20)16-9-7-14(11-17)8-10-16/h7-10,13,15H,3-6,11-12,17H2,1-2H3.